The molecule has 0 atom stereocenters. The highest BCUT2D eigenvalue weighted by Crippen LogP contribution is 2.37. The molecule has 0 bridgehead atoms. The summed E-state index contributed by atoms with van der Waals surface area (Å²) in [5, 5.41) is 20.0. The fourth-order valence-electron chi connectivity index (χ4n) is 3.34. The minimum atomic E-state index is -0.913. The molecule has 2 N–H and O–H groups in total. The van der Waals surface area contributed by atoms with Crippen molar-refractivity contribution in [3.63, 3.8) is 0 Å². The zero-order valence-corrected chi connectivity index (χ0v) is 12.9. The first kappa shape index (κ1) is 14.5. The standard InChI is InChI=1S/C20H15NO3/c22-14-5-3-4-12(11-14)10-13-8-9-16-18(20(23)24)15-6-1-2-7-17(15)21-19(13)16/h1-7,10-11,22H,8-9H2,(H,23,24). The first-order valence-electron chi connectivity index (χ1n) is 7.78. The number of carboxylic acids is 1. The van der Waals surface area contributed by atoms with Crippen LogP contribution in [0.4, 0.5) is 0 Å². The number of aromatic hydroxyl groups is 1. The molecule has 4 nitrogen and oxygen atoms in total. The number of rotatable bonds is 2. The van der Waals surface area contributed by atoms with Crippen molar-refractivity contribution in [2.45, 2.75) is 12.8 Å². The third-order valence-corrected chi connectivity index (χ3v) is 4.37. The number of para-hydroxylation sites is 1. The van der Waals surface area contributed by atoms with E-state index in [4.69, 9.17) is 4.98 Å². The molecule has 0 fully saturated rings. The van der Waals surface area contributed by atoms with Crippen LogP contribution in [0.15, 0.2) is 48.5 Å². The first-order valence-corrected chi connectivity index (χ1v) is 7.78. The van der Waals surface area contributed by atoms with Crippen molar-refractivity contribution in [3.05, 3.63) is 70.9 Å². The van der Waals surface area contributed by atoms with E-state index in [-0.39, 0.29) is 5.75 Å². The molecule has 0 saturated heterocycles. The number of pyridine rings is 1. The van der Waals surface area contributed by atoms with Gasteiger partial charge in [0.15, 0.2) is 0 Å². The van der Waals surface area contributed by atoms with Crippen molar-refractivity contribution in [1.82, 2.24) is 4.98 Å². The molecule has 0 spiro atoms. The van der Waals surface area contributed by atoms with Gasteiger partial charge in [-0.2, -0.15) is 0 Å². The smallest absolute Gasteiger partial charge is 0.336 e. The number of phenols is 1. The van der Waals surface area contributed by atoms with E-state index in [1.165, 1.54) is 0 Å². The molecular weight excluding hydrogens is 302 g/mol. The van der Waals surface area contributed by atoms with Gasteiger partial charge in [-0.15, -0.1) is 0 Å². The Hall–Kier alpha value is -3.14. The Morgan fingerprint density at radius 2 is 1.92 bits per heavy atom. The van der Waals surface area contributed by atoms with Gasteiger partial charge in [-0.05, 0) is 53.8 Å². The van der Waals surface area contributed by atoms with Crippen LogP contribution in [0.3, 0.4) is 0 Å². The molecule has 0 amide bonds. The summed E-state index contributed by atoms with van der Waals surface area (Å²) in [6, 6.07) is 14.3. The lowest BCUT2D eigenvalue weighted by Gasteiger charge is -2.09. The number of nitrogens with zero attached hydrogens (tertiary/aromatic N) is 1. The highest BCUT2D eigenvalue weighted by atomic mass is 16.4. The molecule has 1 aromatic heterocycles. The number of aromatic carboxylic acids is 1. The van der Waals surface area contributed by atoms with Crippen molar-refractivity contribution < 1.29 is 15.0 Å². The molecule has 2 aromatic carbocycles. The molecule has 1 heterocycles. The Kier molecular flexibility index (Phi) is 3.31. The van der Waals surface area contributed by atoms with Crippen LogP contribution in [0.5, 0.6) is 5.75 Å². The maximum absolute atomic E-state index is 11.8. The lowest BCUT2D eigenvalue weighted by molar-refractivity contribution is 0.0698. The zero-order valence-electron chi connectivity index (χ0n) is 12.9. The molecule has 1 aliphatic rings. The number of hydrogen-bond acceptors (Lipinski definition) is 3. The average molecular weight is 317 g/mol. The summed E-state index contributed by atoms with van der Waals surface area (Å²) in [6.45, 7) is 0. The molecule has 0 saturated carbocycles. The lowest BCUT2D eigenvalue weighted by atomic mass is 10.0. The van der Waals surface area contributed by atoms with Crippen molar-refractivity contribution in [1.29, 1.82) is 0 Å². The summed E-state index contributed by atoms with van der Waals surface area (Å²) in [7, 11) is 0. The third kappa shape index (κ3) is 2.33. The quantitative estimate of drug-likeness (QED) is 0.745. The molecular formula is C20H15NO3. The summed E-state index contributed by atoms with van der Waals surface area (Å²) >= 11 is 0. The number of phenolic OH excluding ortho intramolecular Hbond substituents is 1. The van der Waals surface area contributed by atoms with Gasteiger partial charge in [0.1, 0.15) is 5.75 Å². The largest absolute Gasteiger partial charge is 0.508 e. The summed E-state index contributed by atoms with van der Waals surface area (Å²) < 4.78 is 0. The van der Waals surface area contributed by atoms with Gasteiger partial charge in [0.05, 0.1) is 16.8 Å². The van der Waals surface area contributed by atoms with Gasteiger partial charge >= 0.3 is 5.97 Å². The van der Waals surface area contributed by atoms with E-state index >= 15 is 0 Å². The summed E-state index contributed by atoms with van der Waals surface area (Å²) in [5.74, 6) is -0.705. The Morgan fingerprint density at radius 1 is 1.08 bits per heavy atom. The van der Waals surface area contributed by atoms with Crippen molar-refractivity contribution in [2.75, 3.05) is 0 Å². The van der Waals surface area contributed by atoms with Crippen LogP contribution in [0.1, 0.15) is 33.6 Å². The van der Waals surface area contributed by atoms with Crippen LogP contribution in [-0.4, -0.2) is 21.2 Å². The molecule has 0 unspecified atom stereocenters. The normalized spacial score (nSPS) is 14.9. The van der Waals surface area contributed by atoms with Gasteiger partial charge in [-0.25, -0.2) is 9.78 Å². The predicted molar refractivity (Wildman–Crippen MR) is 93.0 cm³/mol. The summed E-state index contributed by atoms with van der Waals surface area (Å²) in [4.78, 5) is 16.5. The number of fused-ring (bicyclic) bond motifs is 2. The highest BCUT2D eigenvalue weighted by Gasteiger charge is 2.26. The van der Waals surface area contributed by atoms with Crippen LogP contribution >= 0.6 is 0 Å². The van der Waals surface area contributed by atoms with Crippen LogP contribution in [0.2, 0.25) is 0 Å². The number of carbonyl (C=O) groups is 1. The van der Waals surface area contributed by atoms with E-state index in [1.807, 2.05) is 36.4 Å². The molecule has 1 aliphatic carbocycles. The number of benzene rings is 2. The maximum atomic E-state index is 11.8. The van der Waals surface area contributed by atoms with Crippen molar-refractivity contribution >= 4 is 28.5 Å². The van der Waals surface area contributed by atoms with Crippen LogP contribution < -0.4 is 0 Å². The number of hydrogen-bond donors (Lipinski definition) is 2. The third-order valence-electron chi connectivity index (χ3n) is 4.37. The second kappa shape index (κ2) is 5.49. The highest BCUT2D eigenvalue weighted by molar-refractivity contribution is 6.06. The number of aromatic nitrogens is 1. The number of carboxylic acid groups (broad SMARTS) is 1. The fraction of sp³-hybridized carbons (Fsp3) is 0.100. The molecule has 4 heteroatoms. The van der Waals surface area contributed by atoms with E-state index in [9.17, 15) is 15.0 Å². The van der Waals surface area contributed by atoms with Crippen LogP contribution in [-0.2, 0) is 6.42 Å². The lowest BCUT2D eigenvalue weighted by Crippen LogP contribution is -2.05. The van der Waals surface area contributed by atoms with E-state index in [0.29, 0.717) is 22.9 Å². The Balaban J connectivity index is 1.94. The molecule has 0 radical (unpaired) electrons. The maximum Gasteiger partial charge on any atom is 0.336 e. The van der Waals surface area contributed by atoms with Gasteiger partial charge in [0, 0.05) is 5.39 Å². The monoisotopic (exact) mass is 317 g/mol. The Morgan fingerprint density at radius 3 is 2.71 bits per heavy atom. The molecule has 4 rings (SSSR count). The molecule has 118 valence electrons. The minimum Gasteiger partial charge on any atom is -0.508 e. The predicted octanol–water partition coefficient (Wildman–Crippen LogP) is 4.13. The van der Waals surface area contributed by atoms with E-state index < -0.39 is 5.97 Å². The van der Waals surface area contributed by atoms with Gasteiger partial charge in [0.2, 0.25) is 0 Å². The molecule has 0 aliphatic heterocycles. The summed E-state index contributed by atoms with van der Waals surface area (Å²) in [5.41, 5.74) is 4.49. The van der Waals surface area contributed by atoms with Gasteiger partial charge in [0.25, 0.3) is 0 Å². The number of allylic oxidation sites excluding steroid dienone is 1. The van der Waals surface area contributed by atoms with Gasteiger partial charge in [-0.3, -0.25) is 0 Å². The van der Waals surface area contributed by atoms with Crippen molar-refractivity contribution in [2.24, 2.45) is 0 Å². The minimum absolute atomic E-state index is 0.209. The SMILES string of the molecule is O=C(O)c1c2c(nc3ccccc13)C(=Cc1cccc(O)c1)CC2. The molecule has 24 heavy (non-hydrogen) atoms. The van der Waals surface area contributed by atoms with Crippen LogP contribution in [0, 0.1) is 0 Å². The second-order valence-electron chi connectivity index (χ2n) is 5.90. The topological polar surface area (TPSA) is 70.4 Å². The molecule has 3 aromatic rings. The zero-order chi connectivity index (χ0) is 16.7. The van der Waals surface area contributed by atoms with E-state index in [2.05, 4.69) is 0 Å². The van der Waals surface area contributed by atoms with Crippen LogP contribution in [0.25, 0.3) is 22.6 Å². The van der Waals surface area contributed by atoms with E-state index in [1.54, 1.807) is 18.2 Å². The average Bonchev–Trinajstić information content (AvgIpc) is 2.94. The fourth-order valence-corrected chi connectivity index (χ4v) is 3.34. The van der Waals surface area contributed by atoms with Crippen molar-refractivity contribution in [3.8, 4) is 5.75 Å². The second-order valence-corrected chi connectivity index (χ2v) is 5.90. The van der Waals surface area contributed by atoms with E-state index in [0.717, 1.165) is 28.8 Å². The Labute approximate surface area is 138 Å². The van der Waals surface area contributed by atoms with Gasteiger partial charge < -0.3 is 10.2 Å². The Bertz CT molecular complexity index is 1000. The summed E-state index contributed by atoms with van der Waals surface area (Å²) in [6.07, 6.45) is 3.38. The van der Waals surface area contributed by atoms with Gasteiger partial charge in [-0.1, -0.05) is 30.3 Å². The first-order chi connectivity index (χ1) is 11.6.